The molecule has 16 heavy (non-hydrogen) atoms. The number of hydrogen-bond donors (Lipinski definition) is 1. The number of nitrogens with zero attached hydrogens (tertiary/aromatic N) is 2. The molecule has 0 radical (unpaired) electrons. The Bertz CT molecular complexity index is 460. The Kier molecular flexibility index (Phi) is 2.42. The maximum Gasteiger partial charge on any atom is 0.181 e. The van der Waals surface area contributed by atoms with Crippen LogP contribution in [0.5, 0.6) is 0 Å². The predicted octanol–water partition coefficient (Wildman–Crippen LogP) is 2.32. The molecule has 1 N–H and O–H groups in total. The summed E-state index contributed by atoms with van der Waals surface area (Å²) in [5.74, 6) is 1.59. The Labute approximate surface area is 93.7 Å². The zero-order valence-electron chi connectivity index (χ0n) is 8.89. The molecule has 1 aromatic carbocycles. The van der Waals surface area contributed by atoms with Gasteiger partial charge in [-0.3, -0.25) is 5.10 Å². The molecule has 0 aliphatic carbocycles. The molecule has 1 saturated heterocycles. The molecule has 1 aromatic heterocycles. The van der Waals surface area contributed by atoms with Gasteiger partial charge in [0.2, 0.25) is 0 Å². The highest BCUT2D eigenvalue weighted by atomic mass is 16.5. The molecule has 4 nitrogen and oxygen atoms in total. The molecular formula is C12H13N3O. The highest BCUT2D eigenvalue weighted by molar-refractivity contribution is 5.53. The first-order valence-corrected chi connectivity index (χ1v) is 5.53. The number of ether oxygens (including phenoxy) is 1. The lowest BCUT2D eigenvalue weighted by Gasteiger charge is -2.02. The first kappa shape index (κ1) is 9.54. The van der Waals surface area contributed by atoms with Crippen LogP contribution in [0, 0.1) is 0 Å². The SMILES string of the molecule is c1ccc(-c2n[nH]c(C3CCCO3)n2)cc1. The lowest BCUT2D eigenvalue weighted by atomic mass is 10.2. The average molecular weight is 215 g/mol. The number of rotatable bonds is 2. The summed E-state index contributed by atoms with van der Waals surface area (Å²) in [6, 6.07) is 9.96. The van der Waals surface area contributed by atoms with Gasteiger partial charge in [0.1, 0.15) is 6.10 Å². The standard InChI is InChI=1S/C12H13N3O/c1-2-5-9(6-3-1)11-13-12(15-14-11)10-7-4-8-16-10/h1-3,5-6,10H,4,7-8H2,(H,13,14,15). The molecule has 4 heteroatoms. The van der Waals surface area contributed by atoms with Crippen molar-refractivity contribution in [3.8, 4) is 11.4 Å². The number of nitrogens with one attached hydrogen (secondary N) is 1. The second kappa shape index (κ2) is 4.06. The van der Waals surface area contributed by atoms with Crippen LogP contribution in [-0.4, -0.2) is 21.8 Å². The first-order chi connectivity index (χ1) is 7.93. The third kappa shape index (κ3) is 1.72. The van der Waals surface area contributed by atoms with Gasteiger partial charge in [0.15, 0.2) is 11.6 Å². The minimum absolute atomic E-state index is 0.102. The van der Waals surface area contributed by atoms with Crippen LogP contribution >= 0.6 is 0 Å². The highest BCUT2D eigenvalue weighted by Gasteiger charge is 2.21. The van der Waals surface area contributed by atoms with E-state index in [9.17, 15) is 0 Å². The van der Waals surface area contributed by atoms with Crippen LogP contribution in [0.15, 0.2) is 30.3 Å². The normalized spacial score (nSPS) is 20.1. The fraction of sp³-hybridized carbons (Fsp3) is 0.333. The van der Waals surface area contributed by atoms with Gasteiger partial charge in [-0.25, -0.2) is 4.98 Å². The summed E-state index contributed by atoms with van der Waals surface area (Å²) < 4.78 is 5.55. The van der Waals surface area contributed by atoms with Gasteiger partial charge >= 0.3 is 0 Å². The first-order valence-electron chi connectivity index (χ1n) is 5.53. The Balaban J connectivity index is 1.87. The fourth-order valence-corrected chi connectivity index (χ4v) is 1.93. The zero-order chi connectivity index (χ0) is 10.8. The smallest absolute Gasteiger partial charge is 0.181 e. The molecule has 0 amide bonds. The molecule has 1 aliphatic heterocycles. The van der Waals surface area contributed by atoms with Crippen molar-refractivity contribution in [3.63, 3.8) is 0 Å². The van der Waals surface area contributed by atoms with Crippen molar-refractivity contribution in [1.29, 1.82) is 0 Å². The molecular weight excluding hydrogens is 202 g/mol. The highest BCUT2D eigenvalue weighted by Crippen LogP contribution is 2.26. The summed E-state index contributed by atoms with van der Waals surface area (Å²) >= 11 is 0. The van der Waals surface area contributed by atoms with Crippen molar-refractivity contribution >= 4 is 0 Å². The van der Waals surface area contributed by atoms with Crippen LogP contribution < -0.4 is 0 Å². The maximum atomic E-state index is 5.55. The number of H-pyrrole nitrogens is 1. The molecule has 1 atom stereocenters. The van der Waals surface area contributed by atoms with Gasteiger partial charge in [0, 0.05) is 12.2 Å². The zero-order valence-corrected chi connectivity index (χ0v) is 8.89. The van der Waals surface area contributed by atoms with E-state index in [0.29, 0.717) is 0 Å². The summed E-state index contributed by atoms with van der Waals surface area (Å²) in [5, 5.41) is 7.17. The molecule has 1 fully saturated rings. The van der Waals surface area contributed by atoms with Gasteiger partial charge in [-0.15, -0.1) is 0 Å². The van der Waals surface area contributed by atoms with Crippen molar-refractivity contribution < 1.29 is 4.74 Å². The summed E-state index contributed by atoms with van der Waals surface area (Å²) in [7, 11) is 0. The minimum Gasteiger partial charge on any atom is -0.370 e. The van der Waals surface area contributed by atoms with Gasteiger partial charge in [-0.05, 0) is 12.8 Å². The van der Waals surface area contributed by atoms with Gasteiger partial charge in [-0.2, -0.15) is 5.10 Å². The van der Waals surface area contributed by atoms with E-state index in [4.69, 9.17) is 4.74 Å². The number of benzene rings is 1. The van der Waals surface area contributed by atoms with E-state index < -0.39 is 0 Å². The van der Waals surface area contributed by atoms with Crippen LogP contribution in [0.1, 0.15) is 24.8 Å². The van der Waals surface area contributed by atoms with Crippen molar-refractivity contribution in [2.45, 2.75) is 18.9 Å². The lowest BCUT2D eigenvalue weighted by Crippen LogP contribution is -1.97. The second-order valence-corrected chi connectivity index (χ2v) is 3.91. The van der Waals surface area contributed by atoms with Crippen molar-refractivity contribution in [2.24, 2.45) is 0 Å². The summed E-state index contributed by atoms with van der Waals surface area (Å²) in [4.78, 5) is 4.47. The van der Waals surface area contributed by atoms with Crippen LogP contribution in [0.25, 0.3) is 11.4 Å². The van der Waals surface area contributed by atoms with Crippen LogP contribution in [0.4, 0.5) is 0 Å². The second-order valence-electron chi connectivity index (χ2n) is 3.91. The number of aromatic amines is 1. The van der Waals surface area contributed by atoms with E-state index in [2.05, 4.69) is 15.2 Å². The van der Waals surface area contributed by atoms with Crippen LogP contribution in [0.2, 0.25) is 0 Å². The molecule has 0 saturated carbocycles. The third-order valence-electron chi connectivity index (χ3n) is 2.77. The topological polar surface area (TPSA) is 50.8 Å². The Morgan fingerprint density at radius 2 is 2.12 bits per heavy atom. The largest absolute Gasteiger partial charge is 0.370 e. The van der Waals surface area contributed by atoms with Crippen molar-refractivity contribution in [2.75, 3.05) is 6.61 Å². The van der Waals surface area contributed by atoms with E-state index in [-0.39, 0.29) is 6.10 Å². The van der Waals surface area contributed by atoms with Gasteiger partial charge < -0.3 is 4.74 Å². The molecule has 82 valence electrons. The van der Waals surface area contributed by atoms with Gasteiger partial charge in [-0.1, -0.05) is 30.3 Å². The minimum atomic E-state index is 0.102. The van der Waals surface area contributed by atoms with Crippen molar-refractivity contribution in [1.82, 2.24) is 15.2 Å². The fourth-order valence-electron chi connectivity index (χ4n) is 1.93. The van der Waals surface area contributed by atoms with E-state index >= 15 is 0 Å². The lowest BCUT2D eigenvalue weighted by molar-refractivity contribution is 0.105. The van der Waals surface area contributed by atoms with Crippen LogP contribution in [-0.2, 0) is 4.74 Å². The Morgan fingerprint density at radius 1 is 1.25 bits per heavy atom. The number of aromatic nitrogens is 3. The van der Waals surface area contributed by atoms with Crippen molar-refractivity contribution in [3.05, 3.63) is 36.2 Å². The van der Waals surface area contributed by atoms with E-state index in [1.165, 1.54) is 0 Å². The van der Waals surface area contributed by atoms with Gasteiger partial charge in [0.25, 0.3) is 0 Å². The van der Waals surface area contributed by atoms with E-state index in [0.717, 1.165) is 36.7 Å². The Morgan fingerprint density at radius 3 is 2.88 bits per heavy atom. The maximum absolute atomic E-state index is 5.55. The average Bonchev–Trinajstić information content (AvgIpc) is 3.01. The molecule has 2 aromatic rings. The molecule has 2 heterocycles. The molecule has 1 aliphatic rings. The number of hydrogen-bond acceptors (Lipinski definition) is 3. The summed E-state index contributed by atoms with van der Waals surface area (Å²) in [6.45, 7) is 0.825. The molecule has 3 rings (SSSR count). The molecule has 0 spiro atoms. The summed E-state index contributed by atoms with van der Waals surface area (Å²) in [5.41, 5.74) is 1.03. The molecule has 1 unspecified atom stereocenters. The molecule has 0 bridgehead atoms. The van der Waals surface area contributed by atoms with Crippen LogP contribution in [0.3, 0.4) is 0 Å². The predicted molar refractivity (Wildman–Crippen MR) is 59.7 cm³/mol. The monoisotopic (exact) mass is 215 g/mol. The summed E-state index contributed by atoms with van der Waals surface area (Å²) in [6.07, 6.45) is 2.24. The quantitative estimate of drug-likeness (QED) is 0.836. The van der Waals surface area contributed by atoms with E-state index in [1.54, 1.807) is 0 Å². The Hall–Kier alpha value is -1.68. The van der Waals surface area contributed by atoms with E-state index in [1.807, 2.05) is 30.3 Å². The van der Waals surface area contributed by atoms with Gasteiger partial charge in [0.05, 0.1) is 0 Å². The third-order valence-corrected chi connectivity index (χ3v) is 2.77.